The molecular weight excluding hydrogens is 468 g/mol. The average molecular weight is 503 g/mol. The SMILES string of the molecule is Cc1cc(-c2ccn3nc(N)c(C(=O)NC4CCC(C)(O)CC4)c3n2)cc2c1C(=O)N(C(C)C1CC1)C2. The van der Waals surface area contributed by atoms with Crippen molar-refractivity contribution in [2.24, 2.45) is 5.92 Å². The van der Waals surface area contributed by atoms with E-state index in [1.807, 2.05) is 36.9 Å². The number of nitrogens with zero attached hydrogens (tertiary/aromatic N) is 4. The van der Waals surface area contributed by atoms with Crippen molar-refractivity contribution in [1.82, 2.24) is 24.8 Å². The summed E-state index contributed by atoms with van der Waals surface area (Å²) in [6.45, 7) is 6.58. The standard InChI is InChI=1S/C28H34N6O3/c1-15-12-18(13-19-14-33(27(36)22(15)19)16(2)17-4-5-17)21-8-11-34-25(31-21)23(24(29)32-34)26(35)30-20-6-9-28(3,37)10-7-20/h8,11-13,16-17,20,37H,4-7,9-10,14H2,1-3H3,(H2,29,32)(H,30,35). The van der Waals surface area contributed by atoms with Crippen LogP contribution >= 0.6 is 0 Å². The molecule has 0 bridgehead atoms. The topological polar surface area (TPSA) is 126 Å². The molecule has 0 saturated heterocycles. The fraction of sp³-hybridized carbons (Fsp3) is 0.500. The molecule has 6 rings (SSSR count). The van der Waals surface area contributed by atoms with Gasteiger partial charge in [0.1, 0.15) is 5.56 Å². The monoisotopic (exact) mass is 502 g/mol. The van der Waals surface area contributed by atoms with Gasteiger partial charge in [0.15, 0.2) is 11.5 Å². The Morgan fingerprint density at radius 2 is 1.97 bits per heavy atom. The molecular formula is C28H34N6O3. The van der Waals surface area contributed by atoms with Crippen molar-refractivity contribution >= 4 is 23.3 Å². The summed E-state index contributed by atoms with van der Waals surface area (Å²) in [4.78, 5) is 33.2. The number of anilines is 1. The summed E-state index contributed by atoms with van der Waals surface area (Å²) >= 11 is 0. The van der Waals surface area contributed by atoms with E-state index >= 15 is 0 Å². The highest BCUT2D eigenvalue weighted by Crippen LogP contribution is 2.40. The van der Waals surface area contributed by atoms with E-state index in [1.165, 1.54) is 17.4 Å². The zero-order valence-electron chi connectivity index (χ0n) is 21.6. The second kappa shape index (κ2) is 8.55. The zero-order chi connectivity index (χ0) is 26.1. The Kier molecular flexibility index (Phi) is 5.52. The maximum absolute atomic E-state index is 13.2. The molecule has 0 spiro atoms. The van der Waals surface area contributed by atoms with Crippen molar-refractivity contribution in [3.8, 4) is 11.3 Å². The molecule has 194 valence electrons. The number of aryl methyl sites for hydroxylation is 1. The van der Waals surface area contributed by atoms with E-state index < -0.39 is 5.60 Å². The number of benzene rings is 1. The van der Waals surface area contributed by atoms with Crippen molar-refractivity contribution in [3.05, 3.63) is 46.6 Å². The Balaban J connectivity index is 1.30. The van der Waals surface area contributed by atoms with E-state index in [1.54, 1.807) is 6.20 Å². The fourth-order valence-corrected chi connectivity index (χ4v) is 5.97. The van der Waals surface area contributed by atoms with Crippen LogP contribution in [0.25, 0.3) is 16.9 Å². The molecule has 4 N–H and O–H groups in total. The minimum Gasteiger partial charge on any atom is -0.390 e. The molecule has 2 aromatic heterocycles. The van der Waals surface area contributed by atoms with E-state index in [0.717, 1.165) is 22.3 Å². The number of hydrogen-bond acceptors (Lipinski definition) is 6. The lowest BCUT2D eigenvalue weighted by molar-refractivity contribution is 0.0140. The fourth-order valence-electron chi connectivity index (χ4n) is 5.97. The molecule has 9 nitrogen and oxygen atoms in total. The lowest BCUT2D eigenvalue weighted by atomic mass is 9.83. The maximum atomic E-state index is 13.2. The molecule has 1 aliphatic heterocycles. The van der Waals surface area contributed by atoms with Crippen LogP contribution in [0.3, 0.4) is 0 Å². The predicted molar refractivity (Wildman–Crippen MR) is 140 cm³/mol. The number of aromatic nitrogens is 3. The Bertz CT molecular complexity index is 1410. The first-order chi connectivity index (χ1) is 17.6. The highest BCUT2D eigenvalue weighted by atomic mass is 16.3. The van der Waals surface area contributed by atoms with Gasteiger partial charge in [-0.3, -0.25) is 9.59 Å². The molecule has 2 amide bonds. The van der Waals surface area contributed by atoms with Crippen LogP contribution in [-0.2, 0) is 6.54 Å². The number of nitrogens with two attached hydrogens (primary N) is 1. The Morgan fingerprint density at radius 1 is 1.24 bits per heavy atom. The number of nitrogens with one attached hydrogen (secondary N) is 1. The molecule has 3 aliphatic rings. The van der Waals surface area contributed by atoms with E-state index in [4.69, 9.17) is 10.7 Å². The minimum absolute atomic E-state index is 0.0249. The molecule has 3 aromatic rings. The van der Waals surface area contributed by atoms with Gasteiger partial charge in [-0.25, -0.2) is 9.50 Å². The summed E-state index contributed by atoms with van der Waals surface area (Å²) in [5, 5.41) is 17.6. The van der Waals surface area contributed by atoms with Gasteiger partial charge >= 0.3 is 0 Å². The molecule has 2 fully saturated rings. The molecule has 0 radical (unpaired) electrons. The van der Waals surface area contributed by atoms with Gasteiger partial charge in [0.25, 0.3) is 11.8 Å². The van der Waals surface area contributed by atoms with Crippen LogP contribution in [0.15, 0.2) is 24.4 Å². The molecule has 1 atom stereocenters. The molecule has 1 unspecified atom stereocenters. The lowest BCUT2D eigenvalue weighted by Crippen LogP contribution is -2.42. The zero-order valence-corrected chi connectivity index (χ0v) is 21.6. The molecule has 9 heteroatoms. The first-order valence-corrected chi connectivity index (χ1v) is 13.2. The number of rotatable bonds is 5. The van der Waals surface area contributed by atoms with E-state index in [-0.39, 0.29) is 35.3 Å². The Morgan fingerprint density at radius 3 is 2.68 bits per heavy atom. The minimum atomic E-state index is -0.674. The summed E-state index contributed by atoms with van der Waals surface area (Å²) in [6.07, 6.45) is 6.85. The molecule has 2 aliphatic carbocycles. The molecule has 3 heterocycles. The van der Waals surface area contributed by atoms with Gasteiger partial charge in [-0.05, 0) is 94.5 Å². The van der Waals surface area contributed by atoms with Gasteiger partial charge in [-0.2, -0.15) is 0 Å². The highest BCUT2D eigenvalue weighted by molar-refractivity contribution is 6.04. The largest absolute Gasteiger partial charge is 0.390 e. The summed E-state index contributed by atoms with van der Waals surface area (Å²) in [5.74, 6) is 0.559. The first-order valence-electron chi connectivity index (χ1n) is 13.2. The number of hydrogen-bond donors (Lipinski definition) is 3. The van der Waals surface area contributed by atoms with Crippen molar-refractivity contribution < 1.29 is 14.7 Å². The van der Waals surface area contributed by atoms with Gasteiger partial charge < -0.3 is 21.1 Å². The van der Waals surface area contributed by atoms with E-state index in [0.29, 0.717) is 49.5 Å². The first kappa shape index (κ1) is 23.9. The third kappa shape index (κ3) is 4.25. The molecule has 37 heavy (non-hydrogen) atoms. The summed E-state index contributed by atoms with van der Waals surface area (Å²) in [5.41, 5.74) is 10.5. The second-order valence-corrected chi connectivity index (χ2v) is 11.4. The molecule has 1 aromatic carbocycles. The van der Waals surface area contributed by atoms with Crippen LogP contribution in [0.5, 0.6) is 0 Å². The van der Waals surface area contributed by atoms with Crippen LogP contribution in [-0.4, -0.2) is 54.1 Å². The average Bonchev–Trinajstić information content (AvgIpc) is 3.57. The quantitative estimate of drug-likeness (QED) is 0.491. The van der Waals surface area contributed by atoms with Crippen molar-refractivity contribution in [3.63, 3.8) is 0 Å². The number of aliphatic hydroxyl groups is 1. The number of amides is 2. The van der Waals surface area contributed by atoms with Gasteiger partial charge in [-0.1, -0.05) is 0 Å². The van der Waals surface area contributed by atoms with Crippen LogP contribution < -0.4 is 11.1 Å². The predicted octanol–water partition coefficient (Wildman–Crippen LogP) is 3.46. The number of fused-ring (bicyclic) bond motifs is 2. The third-order valence-corrected chi connectivity index (χ3v) is 8.46. The van der Waals surface area contributed by atoms with Gasteiger partial charge in [0.2, 0.25) is 0 Å². The lowest BCUT2D eigenvalue weighted by Gasteiger charge is -2.33. The van der Waals surface area contributed by atoms with Gasteiger partial charge in [-0.15, -0.1) is 5.10 Å². The summed E-state index contributed by atoms with van der Waals surface area (Å²) in [6, 6.07) is 6.12. The Labute approximate surface area is 216 Å². The summed E-state index contributed by atoms with van der Waals surface area (Å²) in [7, 11) is 0. The molecule has 2 saturated carbocycles. The smallest absolute Gasteiger partial charge is 0.259 e. The highest BCUT2D eigenvalue weighted by Gasteiger charge is 2.39. The van der Waals surface area contributed by atoms with Crippen LogP contribution in [0.4, 0.5) is 5.82 Å². The normalized spacial score (nSPS) is 24.4. The third-order valence-electron chi connectivity index (χ3n) is 8.46. The van der Waals surface area contributed by atoms with Crippen molar-refractivity contribution in [2.45, 2.75) is 83.5 Å². The number of nitrogen functional groups attached to an aromatic ring is 1. The summed E-state index contributed by atoms with van der Waals surface area (Å²) < 4.78 is 1.53. The van der Waals surface area contributed by atoms with Crippen molar-refractivity contribution in [1.29, 1.82) is 0 Å². The number of carbonyl (C=O) groups is 2. The Hall–Kier alpha value is -3.46. The number of carbonyl (C=O) groups excluding carboxylic acids is 2. The van der Waals surface area contributed by atoms with Gasteiger partial charge in [0.05, 0.1) is 11.3 Å². The van der Waals surface area contributed by atoms with Crippen LogP contribution in [0.2, 0.25) is 0 Å². The van der Waals surface area contributed by atoms with Crippen LogP contribution in [0, 0.1) is 12.8 Å². The second-order valence-electron chi connectivity index (χ2n) is 11.4. The van der Waals surface area contributed by atoms with Crippen molar-refractivity contribution in [2.75, 3.05) is 5.73 Å². The maximum Gasteiger partial charge on any atom is 0.259 e. The van der Waals surface area contributed by atoms with E-state index in [9.17, 15) is 14.7 Å². The van der Waals surface area contributed by atoms with Crippen LogP contribution in [0.1, 0.15) is 84.2 Å². The van der Waals surface area contributed by atoms with Gasteiger partial charge in [0, 0.05) is 36.0 Å². The van der Waals surface area contributed by atoms with E-state index in [2.05, 4.69) is 17.3 Å².